The zero-order valence-electron chi connectivity index (χ0n) is 25.8. The maximum atomic E-state index is 12.2. The maximum Gasteiger partial charge on any atom is 0.338 e. The fourth-order valence-electron chi connectivity index (χ4n) is 7.11. The molecule has 1 fully saturated rings. The average molecular weight is 587 g/mol. The van der Waals surface area contributed by atoms with Crippen molar-refractivity contribution in [3.05, 3.63) is 109 Å². The lowest BCUT2D eigenvalue weighted by molar-refractivity contribution is -0.130. The minimum atomic E-state index is -0.440. The van der Waals surface area contributed by atoms with E-state index in [2.05, 4.69) is 73.2 Å². The largest absolute Gasteiger partial charge is 0.423 e. The SMILES string of the molecule is C=C(C)C(=O)Oc1ccc(N2c3cccc4cccc(c34)N(c3ccc(OC(=O)C(=C)C)cc3)C23CC(C)CC(C)C3)cc1. The number of esters is 2. The first-order valence-electron chi connectivity index (χ1n) is 15.1. The van der Waals surface area contributed by atoms with Gasteiger partial charge in [-0.15, -0.1) is 0 Å². The maximum absolute atomic E-state index is 12.2. The molecule has 1 aliphatic carbocycles. The van der Waals surface area contributed by atoms with Crippen molar-refractivity contribution in [2.75, 3.05) is 9.80 Å². The Morgan fingerprint density at radius 3 is 1.48 bits per heavy atom. The van der Waals surface area contributed by atoms with E-state index in [1.807, 2.05) is 48.5 Å². The Kier molecular flexibility index (Phi) is 7.54. The number of anilines is 4. The average Bonchev–Trinajstić information content (AvgIpc) is 2.98. The van der Waals surface area contributed by atoms with E-state index in [4.69, 9.17) is 9.47 Å². The molecular weight excluding hydrogens is 548 g/mol. The quantitative estimate of drug-likeness (QED) is 0.128. The van der Waals surface area contributed by atoms with Crippen molar-refractivity contribution in [2.45, 2.75) is 52.6 Å². The molecular formula is C38H38N2O4. The molecule has 224 valence electrons. The van der Waals surface area contributed by atoms with Crippen LogP contribution in [0.4, 0.5) is 22.7 Å². The molecule has 2 aliphatic rings. The van der Waals surface area contributed by atoms with Crippen molar-refractivity contribution < 1.29 is 19.1 Å². The van der Waals surface area contributed by atoms with Gasteiger partial charge in [0.2, 0.25) is 0 Å². The zero-order valence-corrected chi connectivity index (χ0v) is 25.8. The third-order valence-corrected chi connectivity index (χ3v) is 8.64. The highest BCUT2D eigenvalue weighted by molar-refractivity contribution is 6.09. The summed E-state index contributed by atoms with van der Waals surface area (Å²) in [5.41, 5.74) is 4.60. The molecule has 4 aromatic rings. The third-order valence-electron chi connectivity index (χ3n) is 8.64. The number of carbonyl (C=O) groups excluding carboxylic acids is 2. The molecule has 6 rings (SSSR count). The normalized spacial score (nSPS) is 18.6. The summed E-state index contributed by atoms with van der Waals surface area (Å²) in [5.74, 6) is 1.02. The summed E-state index contributed by atoms with van der Waals surface area (Å²) in [5, 5.41) is 2.32. The van der Waals surface area contributed by atoms with Crippen molar-refractivity contribution in [3.63, 3.8) is 0 Å². The Balaban J connectivity index is 1.55. The van der Waals surface area contributed by atoms with E-state index in [1.165, 1.54) is 5.39 Å². The monoisotopic (exact) mass is 586 g/mol. The molecule has 6 heteroatoms. The first kappa shape index (κ1) is 29.2. The molecule has 4 aromatic carbocycles. The van der Waals surface area contributed by atoms with Gasteiger partial charge in [0.25, 0.3) is 0 Å². The number of ether oxygens (including phenoxy) is 2. The molecule has 2 unspecified atom stereocenters. The van der Waals surface area contributed by atoms with Crippen LogP contribution in [0.3, 0.4) is 0 Å². The highest BCUT2D eigenvalue weighted by atomic mass is 16.5. The van der Waals surface area contributed by atoms with Crippen LogP contribution in [-0.2, 0) is 9.59 Å². The number of nitrogens with zero attached hydrogens (tertiary/aromatic N) is 2. The Hall–Kier alpha value is -4.84. The fourth-order valence-corrected chi connectivity index (χ4v) is 7.11. The second-order valence-corrected chi connectivity index (χ2v) is 12.5. The number of hydrogen-bond acceptors (Lipinski definition) is 6. The van der Waals surface area contributed by atoms with E-state index < -0.39 is 17.6 Å². The van der Waals surface area contributed by atoms with Crippen LogP contribution in [0, 0.1) is 11.8 Å². The lowest BCUT2D eigenvalue weighted by Gasteiger charge is -2.59. The Morgan fingerprint density at radius 2 is 1.09 bits per heavy atom. The molecule has 0 bridgehead atoms. The minimum Gasteiger partial charge on any atom is -0.423 e. The molecule has 1 aliphatic heterocycles. The van der Waals surface area contributed by atoms with Gasteiger partial charge in [0.05, 0.1) is 11.4 Å². The molecule has 1 heterocycles. The van der Waals surface area contributed by atoms with Crippen LogP contribution < -0.4 is 19.3 Å². The summed E-state index contributed by atoms with van der Waals surface area (Å²) >= 11 is 0. The molecule has 1 spiro atoms. The first-order chi connectivity index (χ1) is 21.1. The van der Waals surface area contributed by atoms with Crippen LogP contribution in [0.1, 0.15) is 47.0 Å². The lowest BCUT2D eigenvalue weighted by atomic mass is 9.72. The highest BCUT2D eigenvalue weighted by Gasteiger charge is 2.51. The molecule has 0 amide bonds. The van der Waals surface area contributed by atoms with E-state index in [-0.39, 0.29) is 0 Å². The van der Waals surface area contributed by atoms with Gasteiger partial charge in [-0.2, -0.15) is 0 Å². The van der Waals surface area contributed by atoms with Crippen molar-refractivity contribution >= 4 is 45.5 Å². The van der Waals surface area contributed by atoms with Crippen molar-refractivity contribution in [1.29, 1.82) is 0 Å². The van der Waals surface area contributed by atoms with Crippen LogP contribution in [0.15, 0.2) is 109 Å². The standard InChI is InChI=1S/C38H38N2O4/c1-24(2)36(41)43-31-17-13-29(14-18-31)39-33-11-7-9-28-10-8-12-34(35(28)33)40(38(39)22-26(5)21-27(6)23-38)30-15-19-32(20-16-30)44-37(42)25(3)4/h7-20,26-27H,1,3,21-23H2,2,4-6H3. The van der Waals surface area contributed by atoms with Crippen molar-refractivity contribution in [2.24, 2.45) is 11.8 Å². The number of rotatable bonds is 6. The summed E-state index contributed by atoms with van der Waals surface area (Å²) in [4.78, 5) is 29.4. The molecule has 0 N–H and O–H groups in total. The van der Waals surface area contributed by atoms with Crippen molar-refractivity contribution in [3.8, 4) is 11.5 Å². The molecule has 1 saturated carbocycles. The zero-order chi connectivity index (χ0) is 31.2. The molecule has 0 radical (unpaired) electrons. The van der Waals surface area contributed by atoms with Crippen LogP contribution in [0.2, 0.25) is 0 Å². The smallest absolute Gasteiger partial charge is 0.338 e. The van der Waals surface area contributed by atoms with Gasteiger partial charge in [0, 0.05) is 27.9 Å². The van der Waals surface area contributed by atoms with Crippen LogP contribution in [0.25, 0.3) is 10.8 Å². The summed E-state index contributed by atoms with van der Waals surface area (Å²) < 4.78 is 11.1. The van der Waals surface area contributed by atoms with Crippen LogP contribution in [-0.4, -0.2) is 17.6 Å². The molecule has 6 nitrogen and oxygen atoms in total. The predicted molar refractivity (Wildman–Crippen MR) is 177 cm³/mol. The van der Waals surface area contributed by atoms with E-state index in [1.54, 1.807) is 13.8 Å². The van der Waals surface area contributed by atoms with E-state index in [0.29, 0.717) is 34.5 Å². The molecule has 44 heavy (non-hydrogen) atoms. The number of carbonyl (C=O) groups is 2. The highest BCUT2D eigenvalue weighted by Crippen LogP contribution is 2.57. The summed E-state index contributed by atoms with van der Waals surface area (Å²) in [6, 6.07) is 28.6. The van der Waals surface area contributed by atoms with Gasteiger partial charge in [-0.25, -0.2) is 9.59 Å². The minimum absolute atomic E-state index is 0.355. The lowest BCUT2D eigenvalue weighted by Crippen LogP contribution is -2.62. The molecule has 0 saturated heterocycles. The summed E-state index contributed by atoms with van der Waals surface area (Å²) in [7, 11) is 0. The summed E-state index contributed by atoms with van der Waals surface area (Å²) in [6.07, 6.45) is 3.02. The first-order valence-corrected chi connectivity index (χ1v) is 15.1. The molecule has 2 atom stereocenters. The number of benzene rings is 4. The Labute approximate surface area is 259 Å². The third kappa shape index (κ3) is 5.15. The molecule has 0 aromatic heterocycles. The second kappa shape index (κ2) is 11.3. The van der Waals surface area contributed by atoms with E-state index >= 15 is 0 Å². The fraction of sp³-hybridized carbons (Fsp3) is 0.263. The van der Waals surface area contributed by atoms with Gasteiger partial charge in [0.1, 0.15) is 17.2 Å². The summed E-state index contributed by atoms with van der Waals surface area (Å²) in [6.45, 7) is 15.4. The van der Waals surface area contributed by atoms with Crippen LogP contribution in [0.5, 0.6) is 11.5 Å². The van der Waals surface area contributed by atoms with Gasteiger partial charge in [-0.3, -0.25) is 0 Å². The number of hydrogen-bond donors (Lipinski definition) is 0. The second-order valence-electron chi connectivity index (χ2n) is 12.5. The van der Waals surface area contributed by atoms with Gasteiger partial charge in [0.15, 0.2) is 0 Å². The van der Waals surface area contributed by atoms with Gasteiger partial charge >= 0.3 is 11.9 Å². The van der Waals surface area contributed by atoms with E-state index in [0.717, 1.165) is 47.4 Å². The van der Waals surface area contributed by atoms with Gasteiger partial charge in [-0.1, -0.05) is 51.3 Å². The van der Waals surface area contributed by atoms with Crippen LogP contribution >= 0.6 is 0 Å². The van der Waals surface area contributed by atoms with E-state index in [9.17, 15) is 9.59 Å². The Bertz CT molecular complexity index is 1650. The topological polar surface area (TPSA) is 59.1 Å². The van der Waals surface area contributed by atoms with Gasteiger partial charge < -0.3 is 19.3 Å². The van der Waals surface area contributed by atoms with Crippen molar-refractivity contribution in [1.82, 2.24) is 0 Å². The Morgan fingerprint density at radius 1 is 0.682 bits per heavy atom. The predicted octanol–water partition coefficient (Wildman–Crippen LogP) is 9.24. The van der Waals surface area contributed by atoms with Gasteiger partial charge in [-0.05, 0) is 111 Å².